The molecular formula is C16H21ClF3N. The molecule has 1 saturated carbocycles. The minimum atomic E-state index is -4.24. The van der Waals surface area contributed by atoms with Gasteiger partial charge in [-0.05, 0) is 67.8 Å². The fourth-order valence-electron chi connectivity index (χ4n) is 4.09. The first-order valence-corrected chi connectivity index (χ1v) is 7.39. The van der Waals surface area contributed by atoms with Crippen LogP contribution in [0, 0.1) is 5.41 Å². The van der Waals surface area contributed by atoms with E-state index in [2.05, 4.69) is 5.32 Å². The van der Waals surface area contributed by atoms with E-state index in [4.69, 9.17) is 0 Å². The molecule has 0 bridgehead atoms. The second-order valence-corrected chi connectivity index (χ2v) is 6.18. The number of piperidine rings is 1. The fraction of sp³-hybridized carbons (Fsp3) is 0.625. The maximum atomic E-state index is 12.6. The average Bonchev–Trinajstić information content (AvgIpc) is 2.82. The van der Waals surface area contributed by atoms with Gasteiger partial charge in [-0.15, -0.1) is 12.4 Å². The average molecular weight is 320 g/mol. The fourth-order valence-corrected chi connectivity index (χ4v) is 4.09. The van der Waals surface area contributed by atoms with Crippen LogP contribution in [0.25, 0.3) is 0 Å². The standard InChI is InChI=1S/C16H20F3N.ClH/c17-16(18,19)13-5-3-12(4-6-13)14-2-1-7-15(14)8-10-20-11-9-15;/h3-6,14,20H,1-2,7-11H2;1H. The monoisotopic (exact) mass is 319 g/mol. The van der Waals surface area contributed by atoms with Crippen LogP contribution in [-0.2, 0) is 6.18 Å². The molecule has 0 radical (unpaired) electrons. The minimum absolute atomic E-state index is 0. The highest BCUT2D eigenvalue weighted by molar-refractivity contribution is 5.85. The number of halogens is 4. The second kappa shape index (κ2) is 6.17. The summed E-state index contributed by atoms with van der Waals surface area (Å²) >= 11 is 0. The van der Waals surface area contributed by atoms with E-state index in [-0.39, 0.29) is 12.4 Å². The highest BCUT2D eigenvalue weighted by Gasteiger charge is 2.44. The quantitative estimate of drug-likeness (QED) is 0.786. The Bertz CT molecular complexity index is 463. The lowest BCUT2D eigenvalue weighted by Crippen LogP contribution is -2.38. The van der Waals surface area contributed by atoms with E-state index in [0.717, 1.165) is 37.9 Å². The SMILES string of the molecule is Cl.FC(F)(F)c1ccc(C2CCCC23CCNCC3)cc1. The summed E-state index contributed by atoms with van der Waals surface area (Å²) in [6.07, 6.45) is 1.61. The Morgan fingerprint density at radius 2 is 1.62 bits per heavy atom. The Morgan fingerprint density at radius 1 is 1.00 bits per heavy atom. The molecule has 2 aliphatic rings. The van der Waals surface area contributed by atoms with Crippen LogP contribution >= 0.6 is 12.4 Å². The highest BCUT2D eigenvalue weighted by atomic mass is 35.5. The number of rotatable bonds is 1. The lowest BCUT2D eigenvalue weighted by Gasteiger charge is -2.39. The molecule has 118 valence electrons. The third kappa shape index (κ3) is 3.21. The van der Waals surface area contributed by atoms with Crippen LogP contribution in [-0.4, -0.2) is 13.1 Å². The number of benzene rings is 1. The van der Waals surface area contributed by atoms with Crippen molar-refractivity contribution in [3.63, 3.8) is 0 Å². The van der Waals surface area contributed by atoms with Crippen molar-refractivity contribution < 1.29 is 13.2 Å². The predicted octanol–water partition coefficient (Wildman–Crippen LogP) is 4.76. The van der Waals surface area contributed by atoms with E-state index in [1.54, 1.807) is 12.1 Å². The molecule has 1 spiro atoms. The van der Waals surface area contributed by atoms with Gasteiger partial charge in [-0.25, -0.2) is 0 Å². The largest absolute Gasteiger partial charge is 0.416 e. The Morgan fingerprint density at radius 3 is 2.19 bits per heavy atom. The Kier molecular flexibility index (Phi) is 4.89. The molecule has 0 amide bonds. The molecule has 1 aromatic rings. The molecule has 1 aromatic carbocycles. The first kappa shape index (κ1) is 16.6. The number of alkyl halides is 3. The van der Waals surface area contributed by atoms with Gasteiger partial charge in [-0.2, -0.15) is 13.2 Å². The van der Waals surface area contributed by atoms with Crippen molar-refractivity contribution in [2.45, 2.75) is 44.2 Å². The van der Waals surface area contributed by atoms with Crippen molar-refractivity contribution in [1.82, 2.24) is 5.32 Å². The minimum Gasteiger partial charge on any atom is -0.317 e. The number of hydrogen-bond donors (Lipinski definition) is 1. The molecule has 0 aromatic heterocycles. The molecule has 1 aliphatic heterocycles. The summed E-state index contributed by atoms with van der Waals surface area (Å²) in [5.74, 6) is 0.437. The van der Waals surface area contributed by atoms with Crippen LogP contribution in [0.15, 0.2) is 24.3 Å². The molecule has 2 fully saturated rings. The summed E-state index contributed by atoms with van der Waals surface area (Å²) in [5, 5.41) is 3.39. The zero-order valence-corrected chi connectivity index (χ0v) is 12.7. The highest BCUT2D eigenvalue weighted by Crippen LogP contribution is 2.54. The molecule has 1 nitrogen and oxygen atoms in total. The van der Waals surface area contributed by atoms with Crippen molar-refractivity contribution in [3.05, 3.63) is 35.4 Å². The van der Waals surface area contributed by atoms with Gasteiger partial charge in [-0.3, -0.25) is 0 Å². The molecular weight excluding hydrogens is 299 g/mol. The van der Waals surface area contributed by atoms with Crippen LogP contribution in [0.4, 0.5) is 13.2 Å². The molecule has 5 heteroatoms. The Labute approximate surface area is 129 Å². The summed E-state index contributed by atoms with van der Waals surface area (Å²) in [6.45, 7) is 2.08. The van der Waals surface area contributed by atoms with Crippen molar-refractivity contribution in [1.29, 1.82) is 0 Å². The zero-order valence-electron chi connectivity index (χ0n) is 11.9. The van der Waals surface area contributed by atoms with Crippen LogP contribution in [0.3, 0.4) is 0 Å². The maximum absolute atomic E-state index is 12.6. The molecule has 3 rings (SSSR count). The lowest BCUT2D eigenvalue weighted by atomic mass is 9.68. The molecule has 21 heavy (non-hydrogen) atoms. The van der Waals surface area contributed by atoms with Crippen molar-refractivity contribution in [2.75, 3.05) is 13.1 Å². The molecule has 1 heterocycles. The summed E-state index contributed by atoms with van der Waals surface area (Å²) < 4.78 is 37.9. The smallest absolute Gasteiger partial charge is 0.317 e. The van der Waals surface area contributed by atoms with E-state index in [9.17, 15) is 13.2 Å². The van der Waals surface area contributed by atoms with E-state index in [0.29, 0.717) is 11.3 Å². The summed E-state index contributed by atoms with van der Waals surface area (Å²) in [6, 6.07) is 5.87. The lowest BCUT2D eigenvalue weighted by molar-refractivity contribution is -0.137. The van der Waals surface area contributed by atoms with Crippen molar-refractivity contribution in [3.8, 4) is 0 Å². The van der Waals surface area contributed by atoms with Gasteiger partial charge in [0.1, 0.15) is 0 Å². The van der Waals surface area contributed by atoms with Crippen molar-refractivity contribution in [2.24, 2.45) is 5.41 Å². The van der Waals surface area contributed by atoms with Gasteiger partial charge >= 0.3 is 6.18 Å². The van der Waals surface area contributed by atoms with Gasteiger partial charge in [0.15, 0.2) is 0 Å². The van der Waals surface area contributed by atoms with Crippen LogP contribution in [0.5, 0.6) is 0 Å². The van der Waals surface area contributed by atoms with Gasteiger partial charge in [0, 0.05) is 0 Å². The molecule has 1 N–H and O–H groups in total. The van der Waals surface area contributed by atoms with Crippen LogP contribution in [0.2, 0.25) is 0 Å². The number of nitrogens with one attached hydrogen (secondary N) is 1. The Hall–Kier alpha value is -0.740. The van der Waals surface area contributed by atoms with E-state index >= 15 is 0 Å². The third-order valence-corrected chi connectivity index (χ3v) is 5.15. The maximum Gasteiger partial charge on any atom is 0.416 e. The summed E-state index contributed by atoms with van der Waals surface area (Å²) in [7, 11) is 0. The number of hydrogen-bond acceptors (Lipinski definition) is 1. The third-order valence-electron chi connectivity index (χ3n) is 5.15. The second-order valence-electron chi connectivity index (χ2n) is 6.18. The van der Waals surface area contributed by atoms with Crippen LogP contribution in [0.1, 0.15) is 49.1 Å². The van der Waals surface area contributed by atoms with Gasteiger partial charge in [-0.1, -0.05) is 18.6 Å². The first-order valence-electron chi connectivity index (χ1n) is 7.39. The zero-order chi connectivity index (χ0) is 14.2. The topological polar surface area (TPSA) is 12.0 Å². The molecule has 1 saturated heterocycles. The Balaban J connectivity index is 0.00000161. The summed E-state index contributed by atoms with van der Waals surface area (Å²) in [4.78, 5) is 0. The van der Waals surface area contributed by atoms with Gasteiger partial charge < -0.3 is 5.32 Å². The van der Waals surface area contributed by atoms with E-state index < -0.39 is 11.7 Å². The van der Waals surface area contributed by atoms with Crippen molar-refractivity contribution >= 4 is 12.4 Å². The molecule has 1 aliphatic carbocycles. The predicted molar refractivity (Wildman–Crippen MR) is 79.8 cm³/mol. The molecule has 1 unspecified atom stereocenters. The normalized spacial score (nSPS) is 24.8. The molecule has 1 atom stereocenters. The van der Waals surface area contributed by atoms with E-state index in [1.165, 1.54) is 25.0 Å². The van der Waals surface area contributed by atoms with Crippen LogP contribution < -0.4 is 5.32 Å². The first-order chi connectivity index (χ1) is 9.51. The summed E-state index contributed by atoms with van der Waals surface area (Å²) in [5.41, 5.74) is 0.876. The van der Waals surface area contributed by atoms with Gasteiger partial charge in [0.05, 0.1) is 5.56 Å². The van der Waals surface area contributed by atoms with Gasteiger partial charge in [0.2, 0.25) is 0 Å². The van der Waals surface area contributed by atoms with Gasteiger partial charge in [0.25, 0.3) is 0 Å². The van der Waals surface area contributed by atoms with E-state index in [1.807, 2.05) is 0 Å².